The van der Waals surface area contributed by atoms with Crippen molar-refractivity contribution in [2.75, 3.05) is 0 Å². The molecule has 0 radical (unpaired) electrons. The van der Waals surface area contributed by atoms with Crippen molar-refractivity contribution in [3.63, 3.8) is 0 Å². The third-order valence-electron chi connectivity index (χ3n) is 6.97. The second kappa shape index (κ2) is 9.20. The van der Waals surface area contributed by atoms with Crippen LogP contribution < -0.4 is 5.32 Å². The van der Waals surface area contributed by atoms with Crippen LogP contribution in [-0.2, 0) is 11.0 Å². The molecule has 1 N–H and O–H groups in total. The normalized spacial score (nSPS) is 23.3. The predicted octanol–water partition coefficient (Wildman–Crippen LogP) is 5.19. The van der Waals surface area contributed by atoms with Gasteiger partial charge in [-0.25, -0.2) is 8.78 Å². The molecule has 1 aliphatic carbocycles. The number of benzene rings is 1. The van der Waals surface area contributed by atoms with E-state index >= 15 is 0 Å². The van der Waals surface area contributed by atoms with Crippen LogP contribution in [0.15, 0.2) is 30.6 Å². The Morgan fingerprint density at radius 3 is 2.37 bits per heavy atom. The molecular formula is C25H26F5N3O2. The molecular weight excluding hydrogens is 469 g/mol. The van der Waals surface area contributed by atoms with Crippen molar-refractivity contribution >= 4 is 11.8 Å². The summed E-state index contributed by atoms with van der Waals surface area (Å²) in [5.41, 5.74) is -0.906. The molecule has 1 saturated heterocycles. The molecule has 0 spiro atoms. The molecule has 2 fully saturated rings. The van der Waals surface area contributed by atoms with Crippen molar-refractivity contribution in [3.05, 3.63) is 64.5 Å². The van der Waals surface area contributed by atoms with Gasteiger partial charge in [0.15, 0.2) is 0 Å². The number of aromatic nitrogens is 1. The Bertz CT molecular complexity index is 1150. The van der Waals surface area contributed by atoms with Crippen LogP contribution in [0.4, 0.5) is 22.0 Å². The second-order valence-corrected chi connectivity index (χ2v) is 9.61. The molecule has 2 aromatic rings. The van der Waals surface area contributed by atoms with E-state index in [0.717, 1.165) is 5.56 Å². The summed E-state index contributed by atoms with van der Waals surface area (Å²) in [7, 11) is 0. The summed E-state index contributed by atoms with van der Waals surface area (Å²) in [6, 6.07) is 0.195. The number of carbonyl (C=O) groups excluding carboxylic acids is 2. The van der Waals surface area contributed by atoms with Crippen LogP contribution in [0.1, 0.15) is 66.2 Å². The number of nitrogens with zero attached hydrogens (tertiary/aromatic N) is 2. The maximum atomic E-state index is 14.7. The lowest BCUT2D eigenvalue weighted by atomic mass is 9.98. The Labute approximate surface area is 199 Å². The molecule has 1 aliphatic heterocycles. The molecule has 0 bridgehead atoms. The quantitative estimate of drug-likeness (QED) is 0.581. The Kier molecular flexibility index (Phi) is 6.59. The average molecular weight is 495 g/mol. The molecule has 2 heterocycles. The SMILES string of the molecule is Cc1cncc(C(=O)N2[C@@H](C(=O)NC(c3cc(F)c(C(F)(F)F)cc3F)C3CC3)C[C@@H](C)[C@H]2C)c1. The second-order valence-electron chi connectivity index (χ2n) is 9.61. The van der Waals surface area contributed by atoms with E-state index in [-0.39, 0.29) is 35.4 Å². The number of pyridine rings is 1. The fourth-order valence-electron chi connectivity index (χ4n) is 4.75. The number of hydrogen-bond acceptors (Lipinski definition) is 3. The van der Waals surface area contributed by atoms with E-state index < -0.39 is 41.4 Å². The Balaban J connectivity index is 1.61. The zero-order chi connectivity index (χ0) is 25.7. The van der Waals surface area contributed by atoms with Gasteiger partial charge in [0.2, 0.25) is 5.91 Å². The van der Waals surface area contributed by atoms with Gasteiger partial charge in [0.05, 0.1) is 17.2 Å². The number of likely N-dealkylation sites (tertiary alicyclic amines) is 1. The Morgan fingerprint density at radius 2 is 1.77 bits per heavy atom. The van der Waals surface area contributed by atoms with Gasteiger partial charge in [-0.2, -0.15) is 13.2 Å². The largest absolute Gasteiger partial charge is 0.419 e. The van der Waals surface area contributed by atoms with Gasteiger partial charge in [0.1, 0.15) is 17.7 Å². The highest BCUT2D eigenvalue weighted by molar-refractivity contribution is 5.98. The van der Waals surface area contributed by atoms with Crippen molar-refractivity contribution in [3.8, 4) is 0 Å². The Morgan fingerprint density at radius 1 is 1.09 bits per heavy atom. The monoisotopic (exact) mass is 495 g/mol. The number of nitrogens with one attached hydrogen (secondary N) is 1. The fourth-order valence-corrected chi connectivity index (χ4v) is 4.75. The maximum absolute atomic E-state index is 14.7. The molecule has 10 heteroatoms. The smallest absolute Gasteiger partial charge is 0.347 e. The molecule has 4 rings (SSSR count). The third kappa shape index (κ3) is 5.01. The number of carbonyl (C=O) groups is 2. The van der Waals surface area contributed by atoms with Crippen molar-refractivity contribution in [1.82, 2.24) is 15.2 Å². The lowest BCUT2D eigenvalue weighted by Crippen LogP contribution is -2.49. The van der Waals surface area contributed by atoms with E-state index in [9.17, 15) is 31.5 Å². The number of aryl methyl sites for hydroxylation is 1. The van der Waals surface area contributed by atoms with Gasteiger partial charge >= 0.3 is 6.18 Å². The van der Waals surface area contributed by atoms with Crippen LogP contribution in [0.2, 0.25) is 0 Å². The molecule has 35 heavy (non-hydrogen) atoms. The Hall–Kier alpha value is -3.04. The minimum Gasteiger partial charge on any atom is -0.347 e. The van der Waals surface area contributed by atoms with E-state index in [4.69, 9.17) is 0 Å². The number of rotatable bonds is 5. The fraction of sp³-hybridized carbons (Fsp3) is 0.480. The highest BCUT2D eigenvalue weighted by atomic mass is 19.4. The van der Waals surface area contributed by atoms with Crippen LogP contribution in [0.25, 0.3) is 0 Å². The summed E-state index contributed by atoms with van der Waals surface area (Å²) >= 11 is 0. The van der Waals surface area contributed by atoms with Crippen LogP contribution in [0, 0.1) is 30.4 Å². The van der Waals surface area contributed by atoms with Crippen LogP contribution in [0.3, 0.4) is 0 Å². The summed E-state index contributed by atoms with van der Waals surface area (Å²) in [5, 5.41) is 2.72. The summed E-state index contributed by atoms with van der Waals surface area (Å²) in [6.07, 6.45) is -0.421. The molecule has 5 nitrogen and oxygen atoms in total. The van der Waals surface area contributed by atoms with E-state index in [0.29, 0.717) is 30.9 Å². The van der Waals surface area contributed by atoms with Crippen molar-refractivity contribution in [1.29, 1.82) is 0 Å². The summed E-state index contributed by atoms with van der Waals surface area (Å²) in [6.45, 7) is 5.54. The van der Waals surface area contributed by atoms with Crippen LogP contribution >= 0.6 is 0 Å². The molecule has 1 aromatic heterocycles. The van der Waals surface area contributed by atoms with Gasteiger partial charge in [-0.05, 0) is 68.7 Å². The van der Waals surface area contributed by atoms with Gasteiger partial charge in [0.25, 0.3) is 5.91 Å². The molecule has 1 aromatic carbocycles. The standard InChI is InChI=1S/C25H26F5N3O2/c1-12-6-16(11-31-10-12)24(35)33-14(3)13(2)7-21(33)23(34)32-22(15-4-5-15)17-8-20(27)18(9-19(17)26)25(28,29)30/h6,8-11,13-15,21-22H,4-5,7H2,1-3H3,(H,32,34)/t13-,14-,21-,22?/m1/s1. The summed E-state index contributed by atoms with van der Waals surface area (Å²) in [5.74, 6) is -3.98. The van der Waals surface area contributed by atoms with Crippen molar-refractivity contribution in [2.24, 2.45) is 11.8 Å². The van der Waals surface area contributed by atoms with E-state index in [1.165, 1.54) is 11.1 Å². The highest BCUT2D eigenvalue weighted by Gasteiger charge is 2.45. The molecule has 1 saturated carbocycles. The molecule has 4 atom stereocenters. The number of hydrogen-bond donors (Lipinski definition) is 1. The van der Waals surface area contributed by atoms with Gasteiger partial charge < -0.3 is 10.2 Å². The lowest BCUT2D eigenvalue weighted by Gasteiger charge is -2.30. The number of amides is 2. The summed E-state index contributed by atoms with van der Waals surface area (Å²) in [4.78, 5) is 32.2. The van der Waals surface area contributed by atoms with Gasteiger partial charge in [-0.15, -0.1) is 0 Å². The zero-order valence-corrected chi connectivity index (χ0v) is 19.5. The van der Waals surface area contributed by atoms with Gasteiger partial charge in [0, 0.05) is 24.0 Å². The average Bonchev–Trinajstić information content (AvgIpc) is 3.57. The van der Waals surface area contributed by atoms with Crippen LogP contribution in [-0.4, -0.2) is 33.8 Å². The lowest BCUT2D eigenvalue weighted by molar-refractivity contribution is -0.140. The third-order valence-corrected chi connectivity index (χ3v) is 6.97. The van der Waals surface area contributed by atoms with Crippen molar-refractivity contribution in [2.45, 2.75) is 64.3 Å². The minimum atomic E-state index is -5.04. The highest BCUT2D eigenvalue weighted by Crippen LogP contribution is 2.44. The molecule has 188 valence electrons. The minimum absolute atomic E-state index is 0.00732. The molecule has 2 amide bonds. The zero-order valence-electron chi connectivity index (χ0n) is 19.5. The first kappa shape index (κ1) is 25.1. The number of alkyl halides is 3. The van der Waals surface area contributed by atoms with E-state index in [1.54, 1.807) is 19.2 Å². The first-order valence-electron chi connectivity index (χ1n) is 11.5. The number of halogens is 5. The van der Waals surface area contributed by atoms with E-state index in [2.05, 4.69) is 10.3 Å². The first-order valence-corrected chi connectivity index (χ1v) is 11.5. The van der Waals surface area contributed by atoms with Crippen molar-refractivity contribution < 1.29 is 31.5 Å². The summed E-state index contributed by atoms with van der Waals surface area (Å²) < 4.78 is 67.9. The molecule has 2 aliphatic rings. The van der Waals surface area contributed by atoms with Gasteiger partial charge in [-0.3, -0.25) is 14.6 Å². The topological polar surface area (TPSA) is 62.3 Å². The van der Waals surface area contributed by atoms with Crippen LogP contribution in [0.5, 0.6) is 0 Å². The molecule has 1 unspecified atom stereocenters. The first-order chi connectivity index (χ1) is 16.4. The predicted molar refractivity (Wildman–Crippen MR) is 117 cm³/mol. The van der Waals surface area contributed by atoms with E-state index in [1.807, 2.05) is 13.8 Å². The maximum Gasteiger partial charge on any atom is 0.419 e. The van der Waals surface area contributed by atoms with Gasteiger partial charge in [-0.1, -0.05) is 6.92 Å².